The van der Waals surface area contributed by atoms with Crippen LogP contribution >= 0.6 is 0 Å². The van der Waals surface area contributed by atoms with E-state index in [1.165, 1.54) is 58.0 Å². The fourth-order valence-corrected chi connectivity index (χ4v) is 6.82. The Bertz CT molecular complexity index is 705. The molecule has 4 aliphatic rings. The van der Waals surface area contributed by atoms with Gasteiger partial charge in [-0.1, -0.05) is 31.4 Å². The van der Waals surface area contributed by atoms with Gasteiger partial charge in [-0.25, -0.2) is 4.39 Å². The molecule has 1 aromatic rings. The largest absolute Gasteiger partial charge is 0.335 e. The number of carbonyl (C=O) groups is 1. The zero-order valence-corrected chi connectivity index (χ0v) is 16.9. The Kier molecular flexibility index (Phi) is 5.17. The van der Waals surface area contributed by atoms with Gasteiger partial charge in [-0.2, -0.15) is 0 Å². The van der Waals surface area contributed by atoms with Crippen LogP contribution in [0.2, 0.25) is 0 Å². The molecule has 0 N–H and O–H groups in total. The van der Waals surface area contributed by atoms with Crippen LogP contribution in [0.1, 0.15) is 69.4 Å². The summed E-state index contributed by atoms with van der Waals surface area (Å²) < 4.78 is 13.6. The van der Waals surface area contributed by atoms with Crippen molar-refractivity contribution >= 4 is 5.91 Å². The molecule has 3 aliphatic heterocycles. The zero-order chi connectivity index (χ0) is 19.1. The number of benzene rings is 1. The number of hydrogen-bond donors (Lipinski definition) is 0. The molecule has 1 aliphatic carbocycles. The first-order chi connectivity index (χ1) is 13.7. The van der Waals surface area contributed by atoms with E-state index in [-0.39, 0.29) is 11.9 Å². The zero-order valence-electron chi connectivity index (χ0n) is 16.9. The van der Waals surface area contributed by atoms with Gasteiger partial charge in [0.05, 0.1) is 6.04 Å². The SMILES string of the molecule is O=C(C[C@@H]1CCN2CCC[C@@H]12)N1CCC2CCCCC2[C@@H]1c1ccc(F)cc1. The number of carbonyl (C=O) groups excluding carboxylic acids is 1. The Morgan fingerprint density at radius 2 is 1.75 bits per heavy atom. The first-order valence-electron chi connectivity index (χ1n) is 11.5. The number of halogens is 1. The van der Waals surface area contributed by atoms with Crippen LogP contribution in [0, 0.1) is 23.6 Å². The second-order valence-corrected chi connectivity index (χ2v) is 9.58. The van der Waals surface area contributed by atoms with Crippen LogP contribution in [0.15, 0.2) is 24.3 Å². The van der Waals surface area contributed by atoms with Crippen LogP contribution in [-0.2, 0) is 4.79 Å². The van der Waals surface area contributed by atoms with E-state index < -0.39 is 0 Å². The number of amides is 1. The topological polar surface area (TPSA) is 23.6 Å². The molecule has 0 aromatic heterocycles. The summed E-state index contributed by atoms with van der Waals surface area (Å²) in [5.74, 6) is 1.96. The van der Waals surface area contributed by atoms with E-state index >= 15 is 0 Å². The van der Waals surface area contributed by atoms with Gasteiger partial charge in [-0.3, -0.25) is 4.79 Å². The van der Waals surface area contributed by atoms with Crippen LogP contribution < -0.4 is 0 Å². The van der Waals surface area contributed by atoms with Gasteiger partial charge in [0.15, 0.2) is 0 Å². The van der Waals surface area contributed by atoms with E-state index in [1.807, 2.05) is 12.1 Å². The third-order valence-corrected chi connectivity index (χ3v) is 8.16. The lowest BCUT2D eigenvalue weighted by molar-refractivity contribution is -0.140. The predicted molar refractivity (Wildman–Crippen MR) is 108 cm³/mol. The van der Waals surface area contributed by atoms with Gasteiger partial charge in [-0.15, -0.1) is 0 Å². The molecule has 0 spiro atoms. The molecule has 5 rings (SSSR count). The minimum atomic E-state index is -0.190. The smallest absolute Gasteiger partial charge is 0.223 e. The number of hydrogen-bond acceptors (Lipinski definition) is 2. The second kappa shape index (κ2) is 7.78. The van der Waals surface area contributed by atoms with Crippen molar-refractivity contribution in [3.63, 3.8) is 0 Å². The molecule has 0 bridgehead atoms. The number of fused-ring (bicyclic) bond motifs is 2. The van der Waals surface area contributed by atoms with Crippen molar-refractivity contribution in [1.29, 1.82) is 0 Å². The van der Waals surface area contributed by atoms with Gasteiger partial charge >= 0.3 is 0 Å². The van der Waals surface area contributed by atoms with Crippen molar-refractivity contribution in [3.8, 4) is 0 Å². The average Bonchev–Trinajstić information content (AvgIpc) is 3.33. The molecule has 1 aromatic carbocycles. The van der Waals surface area contributed by atoms with Crippen molar-refractivity contribution in [3.05, 3.63) is 35.6 Å². The lowest BCUT2D eigenvalue weighted by Gasteiger charge is -2.48. The molecule has 28 heavy (non-hydrogen) atoms. The second-order valence-electron chi connectivity index (χ2n) is 9.58. The lowest BCUT2D eigenvalue weighted by atomic mass is 9.69. The van der Waals surface area contributed by atoms with Crippen molar-refractivity contribution in [2.45, 2.75) is 69.9 Å². The van der Waals surface area contributed by atoms with Crippen molar-refractivity contribution in [1.82, 2.24) is 9.80 Å². The predicted octanol–water partition coefficient (Wildman–Crippen LogP) is 4.78. The number of likely N-dealkylation sites (tertiary alicyclic amines) is 1. The van der Waals surface area contributed by atoms with E-state index in [0.717, 1.165) is 24.4 Å². The highest BCUT2D eigenvalue weighted by Crippen LogP contribution is 2.47. The molecule has 5 atom stereocenters. The summed E-state index contributed by atoms with van der Waals surface area (Å²) in [5.41, 5.74) is 1.14. The maximum atomic E-state index is 13.6. The maximum absolute atomic E-state index is 13.6. The van der Waals surface area contributed by atoms with Crippen LogP contribution in [-0.4, -0.2) is 41.4 Å². The Morgan fingerprint density at radius 1 is 0.929 bits per heavy atom. The third-order valence-electron chi connectivity index (χ3n) is 8.16. The molecule has 4 heteroatoms. The molecule has 3 nitrogen and oxygen atoms in total. The summed E-state index contributed by atoms with van der Waals surface area (Å²) in [6, 6.07) is 7.76. The Balaban J connectivity index is 1.38. The van der Waals surface area contributed by atoms with E-state index in [1.54, 1.807) is 12.1 Å². The first kappa shape index (κ1) is 18.6. The normalized spacial score (nSPS) is 35.6. The van der Waals surface area contributed by atoms with Crippen molar-refractivity contribution in [2.75, 3.05) is 19.6 Å². The number of piperidine rings is 1. The Morgan fingerprint density at radius 3 is 2.61 bits per heavy atom. The Labute approximate surface area is 168 Å². The molecule has 3 heterocycles. The van der Waals surface area contributed by atoms with Gasteiger partial charge < -0.3 is 9.80 Å². The summed E-state index contributed by atoms with van der Waals surface area (Å²) in [6.45, 7) is 3.28. The molecule has 1 saturated carbocycles. The van der Waals surface area contributed by atoms with Crippen LogP contribution in [0.4, 0.5) is 4.39 Å². The van der Waals surface area contributed by atoms with Crippen molar-refractivity contribution in [2.24, 2.45) is 17.8 Å². The molecular weight excluding hydrogens is 351 g/mol. The highest BCUT2D eigenvalue weighted by Gasteiger charge is 2.44. The maximum Gasteiger partial charge on any atom is 0.223 e. The molecule has 0 radical (unpaired) electrons. The summed E-state index contributed by atoms with van der Waals surface area (Å²) in [5, 5.41) is 0. The quantitative estimate of drug-likeness (QED) is 0.749. The highest BCUT2D eigenvalue weighted by molar-refractivity contribution is 5.77. The van der Waals surface area contributed by atoms with Crippen LogP contribution in [0.25, 0.3) is 0 Å². The summed E-state index contributed by atoms with van der Waals surface area (Å²) in [7, 11) is 0. The van der Waals surface area contributed by atoms with Crippen molar-refractivity contribution < 1.29 is 9.18 Å². The van der Waals surface area contributed by atoms with Crippen LogP contribution in [0.3, 0.4) is 0 Å². The number of nitrogens with zero attached hydrogens (tertiary/aromatic N) is 2. The minimum absolute atomic E-state index is 0.147. The molecular formula is C24H33FN2O. The van der Waals surface area contributed by atoms with Gasteiger partial charge in [0, 0.05) is 19.0 Å². The van der Waals surface area contributed by atoms with Gasteiger partial charge in [0.1, 0.15) is 5.82 Å². The van der Waals surface area contributed by atoms with Crippen LogP contribution in [0.5, 0.6) is 0 Å². The molecule has 2 unspecified atom stereocenters. The lowest BCUT2D eigenvalue weighted by Crippen LogP contribution is -2.48. The monoisotopic (exact) mass is 384 g/mol. The van der Waals surface area contributed by atoms with Gasteiger partial charge in [-0.05, 0) is 80.6 Å². The summed E-state index contributed by atoms with van der Waals surface area (Å²) >= 11 is 0. The third kappa shape index (κ3) is 3.38. The highest BCUT2D eigenvalue weighted by atomic mass is 19.1. The fourth-order valence-electron chi connectivity index (χ4n) is 6.82. The van der Waals surface area contributed by atoms with E-state index in [0.29, 0.717) is 30.2 Å². The molecule has 3 saturated heterocycles. The fraction of sp³-hybridized carbons (Fsp3) is 0.708. The van der Waals surface area contributed by atoms with E-state index in [4.69, 9.17) is 0 Å². The Hall–Kier alpha value is -1.42. The molecule has 1 amide bonds. The standard InChI is InChI=1S/C24H33FN2O/c25-20-9-7-18(8-10-20)24-21-5-2-1-4-17(21)12-15-27(24)23(28)16-19-11-14-26-13-3-6-22(19)26/h7-10,17,19,21-22,24H,1-6,11-16H2/t17?,19-,21?,22-,24-/m0/s1. The molecule has 152 valence electrons. The van der Waals surface area contributed by atoms with E-state index in [2.05, 4.69) is 9.80 Å². The molecule has 4 fully saturated rings. The van der Waals surface area contributed by atoms with Gasteiger partial charge in [0.25, 0.3) is 0 Å². The summed E-state index contributed by atoms with van der Waals surface area (Å²) in [4.78, 5) is 18.3. The van der Waals surface area contributed by atoms with E-state index in [9.17, 15) is 9.18 Å². The van der Waals surface area contributed by atoms with Gasteiger partial charge in [0.2, 0.25) is 5.91 Å². The summed E-state index contributed by atoms with van der Waals surface area (Å²) in [6.07, 6.45) is 10.7. The number of rotatable bonds is 3. The minimum Gasteiger partial charge on any atom is -0.335 e. The average molecular weight is 385 g/mol. The first-order valence-corrected chi connectivity index (χ1v) is 11.5.